The molecule has 0 aliphatic rings. The van der Waals surface area contributed by atoms with Crippen LogP contribution in [0.3, 0.4) is 0 Å². The molecule has 2 atom stereocenters. The monoisotopic (exact) mass is 418 g/mol. The van der Waals surface area contributed by atoms with Gasteiger partial charge in [-0.1, -0.05) is 45.7 Å². The number of rotatable bonds is 12. The highest BCUT2D eigenvalue weighted by molar-refractivity contribution is 7.09. The van der Waals surface area contributed by atoms with Crippen molar-refractivity contribution in [3.8, 4) is 5.75 Å². The molecule has 2 aromatic rings. The Balaban J connectivity index is 2.10. The van der Waals surface area contributed by atoms with Crippen LogP contribution in [-0.4, -0.2) is 26.0 Å². The fourth-order valence-electron chi connectivity index (χ4n) is 3.45. The van der Waals surface area contributed by atoms with Crippen LogP contribution >= 0.6 is 11.3 Å². The second-order valence-corrected chi connectivity index (χ2v) is 8.66. The van der Waals surface area contributed by atoms with E-state index in [1.54, 1.807) is 11.3 Å². The number of carbonyl (C=O) groups excluding carboxylic acids is 1. The van der Waals surface area contributed by atoms with Crippen LogP contribution < -0.4 is 4.74 Å². The van der Waals surface area contributed by atoms with Gasteiger partial charge in [0.1, 0.15) is 11.3 Å². The first-order chi connectivity index (χ1) is 14.0. The average molecular weight is 419 g/mol. The predicted octanol–water partition coefficient (Wildman–Crippen LogP) is 6.45. The zero-order valence-electron chi connectivity index (χ0n) is 18.3. The molecule has 0 spiro atoms. The Labute approximate surface area is 179 Å². The highest BCUT2D eigenvalue weighted by Gasteiger charge is 2.21. The number of thiophene rings is 1. The second kappa shape index (κ2) is 12.0. The Morgan fingerprint density at radius 1 is 1.17 bits per heavy atom. The van der Waals surface area contributed by atoms with E-state index in [0.29, 0.717) is 29.8 Å². The summed E-state index contributed by atoms with van der Waals surface area (Å²) < 4.78 is 16.7. The molecule has 0 amide bonds. The maximum absolute atomic E-state index is 12.4. The van der Waals surface area contributed by atoms with Crippen LogP contribution in [0.2, 0.25) is 0 Å². The minimum Gasteiger partial charge on any atom is -0.465 e. The van der Waals surface area contributed by atoms with Gasteiger partial charge in [-0.25, -0.2) is 4.79 Å². The van der Waals surface area contributed by atoms with E-state index in [1.165, 1.54) is 18.4 Å². The molecule has 0 aliphatic heterocycles. The smallest absolute Gasteiger partial charge is 0.341 e. The summed E-state index contributed by atoms with van der Waals surface area (Å²) in [6.45, 7) is 9.08. The van der Waals surface area contributed by atoms with E-state index in [-0.39, 0.29) is 5.97 Å². The van der Waals surface area contributed by atoms with E-state index in [2.05, 4.69) is 38.3 Å². The zero-order valence-corrected chi connectivity index (χ0v) is 19.1. The molecule has 0 N–H and O–H groups in total. The van der Waals surface area contributed by atoms with Crippen LogP contribution in [0, 0.1) is 5.92 Å². The lowest BCUT2D eigenvalue weighted by atomic mass is 9.84. The molecule has 1 aromatic carbocycles. The van der Waals surface area contributed by atoms with Gasteiger partial charge in [-0.2, -0.15) is 0 Å². The molecule has 0 aliphatic carbocycles. The number of unbranched alkanes of at least 4 members (excludes halogenated alkanes) is 1. The maximum Gasteiger partial charge on any atom is 0.341 e. The Hall–Kier alpha value is -1.85. The SMILES string of the molecule is CCCCC(c1ccc(OC(C)OCCc2cccs2)c(C(=O)OC)c1)C(C)C. The minimum absolute atomic E-state index is 0.384. The van der Waals surface area contributed by atoms with Crippen LogP contribution in [-0.2, 0) is 15.9 Å². The van der Waals surface area contributed by atoms with Crippen molar-refractivity contribution >= 4 is 17.3 Å². The quantitative estimate of drug-likeness (QED) is 0.293. The molecular weight excluding hydrogens is 384 g/mol. The van der Waals surface area contributed by atoms with Gasteiger partial charge in [0.2, 0.25) is 0 Å². The highest BCUT2D eigenvalue weighted by Crippen LogP contribution is 2.33. The van der Waals surface area contributed by atoms with Gasteiger partial charge in [-0.3, -0.25) is 0 Å². The van der Waals surface area contributed by atoms with Gasteiger partial charge in [0.15, 0.2) is 6.29 Å². The van der Waals surface area contributed by atoms with Gasteiger partial charge in [-0.05, 0) is 54.3 Å². The normalized spacial score (nSPS) is 13.3. The summed E-state index contributed by atoms with van der Waals surface area (Å²) in [5, 5.41) is 2.06. The number of hydrogen-bond donors (Lipinski definition) is 0. The Morgan fingerprint density at radius 2 is 1.97 bits per heavy atom. The summed E-state index contributed by atoms with van der Waals surface area (Å²) in [7, 11) is 1.40. The van der Waals surface area contributed by atoms with Crippen LogP contribution in [0.25, 0.3) is 0 Å². The minimum atomic E-state index is -0.454. The van der Waals surface area contributed by atoms with Crippen molar-refractivity contribution in [3.05, 3.63) is 51.7 Å². The van der Waals surface area contributed by atoms with Crippen molar-refractivity contribution < 1.29 is 19.0 Å². The molecule has 0 fully saturated rings. The second-order valence-electron chi connectivity index (χ2n) is 7.63. The molecule has 5 heteroatoms. The number of hydrogen-bond acceptors (Lipinski definition) is 5. The van der Waals surface area contributed by atoms with Gasteiger partial charge in [0, 0.05) is 11.3 Å². The first kappa shape index (κ1) is 23.4. The van der Waals surface area contributed by atoms with Crippen LogP contribution in [0.4, 0.5) is 0 Å². The molecule has 0 bridgehead atoms. The lowest BCUT2D eigenvalue weighted by Gasteiger charge is -2.23. The van der Waals surface area contributed by atoms with Crippen LogP contribution in [0.5, 0.6) is 5.75 Å². The van der Waals surface area contributed by atoms with E-state index < -0.39 is 6.29 Å². The van der Waals surface area contributed by atoms with Crippen LogP contribution in [0.15, 0.2) is 35.7 Å². The van der Waals surface area contributed by atoms with E-state index in [0.717, 1.165) is 24.8 Å². The standard InChI is InChI=1S/C24H34O4S/c1-6-7-10-21(17(2)3)19-11-12-23(22(16-19)24(25)26-5)28-18(4)27-14-13-20-9-8-15-29-20/h8-9,11-12,15-18,21H,6-7,10,13-14H2,1-5H3. The topological polar surface area (TPSA) is 44.8 Å². The fraction of sp³-hybridized carbons (Fsp3) is 0.542. The molecule has 2 rings (SSSR count). The molecule has 1 aromatic heterocycles. The Kier molecular flexibility index (Phi) is 9.68. The fourth-order valence-corrected chi connectivity index (χ4v) is 4.14. The summed E-state index contributed by atoms with van der Waals surface area (Å²) in [5.41, 5.74) is 1.62. The molecular formula is C24H34O4S. The Morgan fingerprint density at radius 3 is 2.59 bits per heavy atom. The van der Waals surface area contributed by atoms with Gasteiger partial charge in [0.25, 0.3) is 0 Å². The van der Waals surface area contributed by atoms with E-state index in [1.807, 2.05) is 25.1 Å². The van der Waals surface area contributed by atoms with Crippen molar-refractivity contribution in [3.63, 3.8) is 0 Å². The van der Waals surface area contributed by atoms with Gasteiger partial charge in [-0.15, -0.1) is 11.3 Å². The van der Waals surface area contributed by atoms with Crippen molar-refractivity contribution in [2.24, 2.45) is 5.92 Å². The molecule has 2 unspecified atom stereocenters. The lowest BCUT2D eigenvalue weighted by molar-refractivity contribution is -0.0656. The van der Waals surface area contributed by atoms with Gasteiger partial charge >= 0.3 is 5.97 Å². The summed E-state index contributed by atoms with van der Waals surface area (Å²) in [6, 6.07) is 10.0. The van der Waals surface area contributed by atoms with E-state index in [9.17, 15) is 4.79 Å². The van der Waals surface area contributed by atoms with E-state index in [4.69, 9.17) is 14.2 Å². The van der Waals surface area contributed by atoms with Gasteiger partial charge < -0.3 is 14.2 Å². The number of ether oxygens (including phenoxy) is 3. The largest absolute Gasteiger partial charge is 0.465 e. The molecule has 4 nitrogen and oxygen atoms in total. The predicted molar refractivity (Wildman–Crippen MR) is 119 cm³/mol. The summed E-state index contributed by atoms with van der Waals surface area (Å²) in [5.74, 6) is 1.03. The third-order valence-corrected chi connectivity index (χ3v) is 6.02. The molecule has 0 saturated carbocycles. The molecule has 160 valence electrons. The third-order valence-electron chi connectivity index (χ3n) is 5.08. The maximum atomic E-state index is 12.4. The highest BCUT2D eigenvalue weighted by atomic mass is 32.1. The molecule has 0 saturated heterocycles. The lowest BCUT2D eigenvalue weighted by Crippen LogP contribution is -2.20. The van der Waals surface area contributed by atoms with Crippen molar-refractivity contribution in [1.29, 1.82) is 0 Å². The van der Waals surface area contributed by atoms with E-state index >= 15 is 0 Å². The van der Waals surface area contributed by atoms with Crippen molar-refractivity contribution in [1.82, 2.24) is 0 Å². The Bertz CT molecular complexity index is 739. The summed E-state index contributed by atoms with van der Waals surface area (Å²) >= 11 is 1.72. The average Bonchev–Trinajstić information content (AvgIpc) is 3.21. The van der Waals surface area contributed by atoms with Crippen molar-refractivity contribution in [2.45, 2.75) is 65.6 Å². The molecule has 0 radical (unpaired) electrons. The summed E-state index contributed by atoms with van der Waals surface area (Å²) in [6.07, 6.45) is 3.84. The number of benzene rings is 1. The zero-order chi connectivity index (χ0) is 21.2. The number of methoxy groups -OCH3 is 1. The first-order valence-electron chi connectivity index (χ1n) is 10.5. The first-order valence-corrected chi connectivity index (χ1v) is 11.4. The van der Waals surface area contributed by atoms with Crippen LogP contribution in [0.1, 0.15) is 73.7 Å². The molecule has 1 heterocycles. The third kappa shape index (κ3) is 7.16. The number of esters is 1. The molecule has 29 heavy (non-hydrogen) atoms. The van der Waals surface area contributed by atoms with Crippen molar-refractivity contribution in [2.75, 3.05) is 13.7 Å². The summed E-state index contributed by atoms with van der Waals surface area (Å²) in [4.78, 5) is 13.7. The number of carbonyl (C=O) groups is 1. The van der Waals surface area contributed by atoms with Gasteiger partial charge in [0.05, 0.1) is 13.7 Å².